The molecule has 4 rings (SSSR count). The first kappa shape index (κ1) is 22.6. The Balaban J connectivity index is 1.63. The van der Waals surface area contributed by atoms with Gasteiger partial charge in [0.2, 0.25) is 17.8 Å². The van der Waals surface area contributed by atoms with Gasteiger partial charge >= 0.3 is 0 Å². The van der Waals surface area contributed by atoms with Gasteiger partial charge in [0.15, 0.2) is 5.67 Å². The van der Waals surface area contributed by atoms with Crippen LogP contribution < -0.4 is 10.6 Å². The van der Waals surface area contributed by atoms with E-state index in [0.29, 0.717) is 37.3 Å². The molecule has 0 aromatic carbocycles. The Morgan fingerprint density at radius 1 is 1.12 bits per heavy atom. The number of amides is 2. The summed E-state index contributed by atoms with van der Waals surface area (Å²) in [7, 11) is 0. The van der Waals surface area contributed by atoms with Gasteiger partial charge in [-0.1, -0.05) is 17.7 Å². The van der Waals surface area contributed by atoms with Gasteiger partial charge in [-0.25, -0.2) is 9.37 Å². The summed E-state index contributed by atoms with van der Waals surface area (Å²) in [5.41, 5.74) is 5.37. The van der Waals surface area contributed by atoms with Gasteiger partial charge in [0.1, 0.15) is 0 Å². The van der Waals surface area contributed by atoms with Crippen LogP contribution in [0.3, 0.4) is 0 Å². The molecule has 2 N–H and O–H groups in total. The van der Waals surface area contributed by atoms with Crippen LogP contribution in [-0.4, -0.2) is 52.9 Å². The number of aromatic nitrogens is 2. The normalized spacial score (nSPS) is 20.8. The van der Waals surface area contributed by atoms with Crippen LogP contribution in [0.2, 0.25) is 0 Å². The highest BCUT2D eigenvalue weighted by molar-refractivity contribution is 5.80. The van der Waals surface area contributed by atoms with Gasteiger partial charge in [-0.3, -0.25) is 14.6 Å². The summed E-state index contributed by atoms with van der Waals surface area (Å²) in [6, 6.07) is 6.13. The predicted molar refractivity (Wildman–Crippen MR) is 120 cm³/mol. The zero-order valence-electron chi connectivity index (χ0n) is 18.3. The first-order chi connectivity index (χ1) is 15.8. The van der Waals surface area contributed by atoms with Crippen LogP contribution in [-0.2, 0) is 15.3 Å². The van der Waals surface area contributed by atoms with Gasteiger partial charge in [0.25, 0.3) is 0 Å². The zero-order valence-corrected chi connectivity index (χ0v) is 18.3. The number of hydrogen-bond donors (Lipinski definition) is 1. The van der Waals surface area contributed by atoms with Gasteiger partial charge in [-0.15, -0.1) is 0 Å². The Hall–Kier alpha value is -3.62. The molecule has 2 aliphatic rings. The molecule has 0 bridgehead atoms. The number of primary amides is 1. The number of carbonyl (C=O) groups is 2. The highest BCUT2D eigenvalue weighted by atomic mass is 19.1. The lowest BCUT2D eigenvalue weighted by molar-refractivity contribution is -0.129. The molecule has 2 aromatic rings. The molecule has 9 heteroatoms. The molecular weight excluding hydrogens is 428 g/mol. The van der Waals surface area contributed by atoms with Crippen molar-refractivity contribution in [3.63, 3.8) is 0 Å². The SMILES string of the molecule is CC(=O)N1CCN(c2ccc(C3(F)CC(CC(N)=O)=CC=C3c3ccnc(F)c3)nc2)CC1. The van der Waals surface area contributed by atoms with E-state index in [4.69, 9.17) is 5.73 Å². The molecule has 7 nitrogen and oxygen atoms in total. The molecule has 0 saturated carbocycles. The largest absolute Gasteiger partial charge is 0.369 e. The molecule has 1 atom stereocenters. The van der Waals surface area contributed by atoms with Crippen molar-refractivity contribution in [1.29, 1.82) is 0 Å². The van der Waals surface area contributed by atoms with Crippen LogP contribution in [0.15, 0.2) is 54.4 Å². The van der Waals surface area contributed by atoms with Crippen molar-refractivity contribution in [2.45, 2.75) is 25.4 Å². The number of anilines is 1. The van der Waals surface area contributed by atoms with Crippen LogP contribution in [0.4, 0.5) is 14.5 Å². The van der Waals surface area contributed by atoms with Gasteiger partial charge in [-0.2, -0.15) is 4.39 Å². The molecule has 33 heavy (non-hydrogen) atoms. The fraction of sp³-hybridized carbons (Fsp3) is 0.333. The van der Waals surface area contributed by atoms with Crippen molar-refractivity contribution < 1.29 is 18.4 Å². The Morgan fingerprint density at radius 2 is 1.88 bits per heavy atom. The van der Waals surface area contributed by atoms with E-state index in [-0.39, 0.29) is 30.0 Å². The minimum absolute atomic E-state index is 0.0477. The first-order valence-electron chi connectivity index (χ1n) is 10.7. The van der Waals surface area contributed by atoms with E-state index in [1.54, 1.807) is 48.4 Å². The third kappa shape index (κ3) is 4.76. The summed E-state index contributed by atoms with van der Waals surface area (Å²) in [5.74, 6) is -1.22. The highest BCUT2D eigenvalue weighted by Gasteiger charge is 2.41. The maximum atomic E-state index is 16.7. The Labute approximate surface area is 190 Å². The number of allylic oxidation sites excluding steroid dienone is 3. The first-order valence-corrected chi connectivity index (χ1v) is 10.7. The second kappa shape index (κ2) is 9.09. The third-order valence-electron chi connectivity index (χ3n) is 6.07. The smallest absolute Gasteiger partial charge is 0.221 e. The maximum Gasteiger partial charge on any atom is 0.221 e. The van der Waals surface area contributed by atoms with Crippen LogP contribution in [0.1, 0.15) is 31.0 Å². The summed E-state index contributed by atoms with van der Waals surface area (Å²) in [5, 5.41) is 0. The molecular formula is C24H25F2N5O2. The average Bonchev–Trinajstić information content (AvgIpc) is 2.79. The summed E-state index contributed by atoms with van der Waals surface area (Å²) in [6.45, 7) is 4.11. The van der Waals surface area contributed by atoms with Crippen LogP contribution >= 0.6 is 0 Å². The molecule has 0 spiro atoms. The highest BCUT2D eigenvalue weighted by Crippen LogP contribution is 2.47. The molecule has 1 saturated heterocycles. The van der Waals surface area contributed by atoms with Crippen molar-refractivity contribution in [1.82, 2.24) is 14.9 Å². The van der Waals surface area contributed by atoms with Crippen molar-refractivity contribution in [2.75, 3.05) is 31.1 Å². The molecule has 0 radical (unpaired) electrons. The summed E-state index contributed by atoms with van der Waals surface area (Å²) in [6.07, 6.45) is 5.91. The quantitative estimate of drug-likeness (QED) is 0.703. The van der Waals surface area contributed by atoms with Gasteiger partial charge in [0.05, 0.1) is 17.6 Å². The van der Waals surface area contributed by atoms with E-state index >= 15 is 4.39 Å². The number of halogens is 2. The van der Waals surface area contributed by atoms with E-state index in [1.165, 1.54) is 12.3 Å². The number of carbonyl (C=O) groups excluding carboxylic acids is 2. The van der Waals surface area contributed by atoms with Gasteiger partial charge in [-0.05, 0) is 23.8 Å². The van der Waals surface area contributed by atoms with E-state index in [9.17, 15) is 14.0 Å². The number of nitrogens with zero attached hydrogens (tertiary/aromatic N) is 4. The minimum Gasteiger partial charge on any atom is -0.369 e. The van der Waals surface area contributed by atoms with Crippen LogP contribution in [0.25, 0.3) is 5.57 Å². The van der Waals surface area contributed by atoms with Crippen molar-refractivity contribution in [3.8, 4) is 0 Å². The number of alkyl halides is 1. The van der Waals surface area contributed by atoms with Crippen molar-refractivity contribution in [3.05, 3.63) is 71.6 Å². The van der Waals surface area contributed by atoms with E-state index in [2.05, 4.69) is 14.9 Å². The lowest BCUT2D eigenvalue weighted by Crippen LogP contribution is -2.48. The standard InChI is InChI=1S/C24H25F2N5O2/c1-16(32)30-8-10-31(11-9-30)19-3-5-21(29-15-19)24(26)14-17(12-23(27)33)2-4-20(24)18-6-7-28-22(25)13-18/h2-7,13,15H,8-12,14H2,1H3,(H2,27,33). The van der Waals surface area contributed by atoms with Crippen LogP contribution in [0.5, 0.6) is 0 Å². The third-order valence-corrected chi connectivity index (χ3v) is 6.07. The monoisotopic (exact) mass is 453 g/mol. The van der Waals surface area contributed by atoms with E-state index in [0.717, 1.165) is 5.69 Å². The number of rotatable bonds is 5. The van der Waals surface area contributed by atoms with Crippen molar-refractivity contribution in [2.24, 2.45) is 5.73 Å². The molecule has 1 aliphatic heterocycles. The van der Waals surface area contributed by atoms with E-state index < -0.39 is 17.5 Å². The fourth-order valence-corrected chi connectivity index (χ4v) is 4.36. The molecule has 1 unspecified atom stereocenters. The van der Waals surface area contributed by atoms with Crippen molar-refractivity contribution >= 4 is 23.1 Å². The molecule has 172 valence electrons. The second-order valence-corrected chi connectivity index (χ2v) is 8.29. The molecule has 2 amide bonds. The van der Waals surface area contributed by atoms with Gasteiger partial charge in [0, 0.05) is 63.8 Å². The Kier molecular flexibility index (Phi) is 6.22. The average molecular weight is 453 g/mol. The van der Waals surface area contributed by atoms with E-state index in [1.807, 2.05) is 0 Å². The molecule has 2 aromatic heterocycles. The predicted octanol–water partition coefficient (Wildman–Crippen LogP) is 2.74. The van der Waals surface area contributed by atoms with Gasteiger partial charge < -0.3 is 15.5 Å². The van der Waals surface area contributed by atoms with Crippen LogP contribution in [0, 0.1) is 5.95 Å². The summed E-state index contributed by atoms with van der Waals surface area (Å²) < 4.78 is 30.5. The number of nitrogens with two attached hydrogens (primary N) is 1. The summed E-state index contributed by atoms with van der Waals surface area (Å²) in [4.78, 5) is 34.8. The number of pyridine rings is 2. The Morgan fingerprint density at radius 3 is 2.48 bits per heavy atom. The summed E-state index contributed by atoms with van der Waals surface area (Å²) >= 11 is 0. The minimum atomic E-state index is -2.07. The fourth-order valence-electron chi connectivity index (χ4n) is 4.36. The molecule has 1 aliphatic carbocycles. The lowest BCUT2D eigenvalue weighted by Gasteiger charge is -2.36. The number of piperazine rings is 1. The Bertz CT molecular complexity index is 1120. The lowest BCUT2D eigenvalue weighted by atomic mass is 9.78. The molecule has 1 fully saturated rings. The molecule has 3 heterocycles. The number of hydrogen-bond acceptors (Lipinski definition) is 5. The zero-order chi connectivity index (χ0) is 23.6. The topological polar surface area (TPSA) is 92.4 Å². The maximum absolute atomic E-state index is 16.7. The second-order valence-electron chi connectivity index (χ2n) is 8.29.